The smallest absolute Gasteiger partial charge is 0.253 e. The van der Waals surface area contributed by atoms with Crippen molar-refractivity contribution in [1.29, 1.82) is 0 Å². The van der Waals surface area contributed by atoms with E-state index in [1.54, 1.807) is 26.2 Å². The van der Waals surface area contributed by atoms with E-state index in [-0.39, 0.29) is 12.5 Å². The quantitative estimate of drug-likeness (QED) is 0.647. The topological polar surface area (TPSA) is 90.0 Å². The molecular formula is C21H28N4O4S. The number of para-hydroxylation sites is 1. The molecule has 0 radical (unpaired) electrons. The Morgan fingerprint density at radius 2 is 1.50 bits per heavy atom. The monoisotopic (exact) mass is 432 g/mol. The van der Waals surface area contributed by atoms with E-state index in [1.807, 2.05) is 42.3 Å². The van der Waals surface area contributed by atoms with E-state index >= 15 is 0 Å². The third-order valence-electron chi connectivity index (χ3n) is 4.46. The number of carbonyl (C=O) groups excluding carboxylic acids is 2. The standard InChI is InChI=1S/C21H28N4O4S/c1-23(2)21(27)17-10-12-19(13-11-17)25(30(4,28)29)16-20(26)22-14-15-24(3)18-8-6-5-7-9-18/h5-13H,14-16H2,1-4H3,(H,22,26). The second kappa shape index (κ2) is 10.1. The van der Waals surface area contributed by atoms with Crippen molar-refractivity contribution < 1.29 is 18.0 Å². The highest BCUT2D eigenvalue weighted by atomic mass is 32.2. The molecule has 9 heteroatoms. The molecule has 0 aromatic heterocycles. The van der Waals surface area contributed by atoms with Crippen LogP contribution in [0, 0.1) is 0 Å². The number of hydrogen-bond donors (Lipinski definition) is 1. The normalized spacial score (nSPS) is 10.9. The Kier molecular flexibility index (Phi) is 7.82. The lowest BCUT2D eigenvalue weighted by molar-refractivity contribution is -0.119. The number of nitrogens with one attached hydrogen (secondary N) is 1. The van der Waals surface area contributed by atoms with Gasteiger partial charge in [-0.25, -0.2) is 8.42 Å². The Morgan fingerprint density at radius 1 is 0.900 bits per heavy atom. The van der Waals surface area contributed by atoms with E-state index in [2.05, 4.69) is 5.32 Å². The van der Waals surface area contributed by atoms with Gasteiger partial charge in [-0.2, -0.15) is 0 Å². The van der Waals surface area contributed by atoms with Crippen molar-refractivity contribution in [2.24, 2.45) is 0 Å². The van der Waals surface area contributed by atoms with Crippen LogP contribution in [0.3, 0.4) is 0 Å². The summed E-state index contributed by atoms with van der Waals surface area (Å²) in [6.07, 6.45) is 1.04. The van der Waals surface area contributed by atoms with Crippen molar-refractivity contribution >= 4 is 33.2 Å². The van der Waals surface area contributed by atoms with Gasteiger partial charge in [-0.05, 0) is 36.4 Å². The van der Waals surface area contributed by atoms with Gasteiger partial charge < -0.3 is 15.1 Å². The molecule has 2 amide bonds. The zero-order valence-electron chi connectivity index (χ0n) is 17.7. The number of amides is 2. The third kappa shape index (κ3) is 6.48. The minimum Gasteiger partial charge on any atom is -0.373 e. The summed E-state index contributed by atoms with van der Waals surface area (Å²) in [5, 5.41) is 2.75. The number of benzene rings is 2. The molecule has 2 aromatic carbocycles. The maximum Gasteiger partial charge on any atom is 0.253 e. The Hall–Kier alpha value is -3.07. The molecule has 0 aliphatic rings. The number of carbonyl (C=O) groups is 2. The van der Waals surface area contributed by atoms with Crippen molar-refractivity contribution in [3.05, 3.63) is 60.2 Å². The molecule has 30 heavy (non-hydrogen) atoms. The van der Waals surface area contributed by atoms with Gasteiger partial charge in [-0.3, -0.25) is 13.9 Å². The molecule has 8 nitrogen and oxygen atoms in total. The molecule has 2 rings (SSSR count). The first-order valence-electron chi connectivity index (χ1n) is 9.42. The first-order chi connectivity index (χ1) is 14.1. The molecule has 0 spiro atoms. The largest absolute Gasteiger partial charge is 0.373 e. The number of hydrogen-bond acceptors (Lipinski definition) is 5. The van der Waals surface area contributed by atoms with E-state index in [0.29, 0.717) is 24.3 Å². The lowest BCUT2D eigenvalue weighted by Gasteiger charge is -2.23. The van der Waals surface area contributed by atoms with E-state index < -0.39 is 15.9 Å². The van der Waals surface area contributed by atoms with Crippen molar-refractivity contribution in [3.8, 4) is 0 Å². The Labute approximate surface area is 178 Å². The predicted molar refractivity (Wildman–Crippen MR) is 119 cm³/mol. The molecular weight excluding hydrogens is 404 g/mol. The summed E-state index contributed by atoms with van der Waals surface area (Å²) >= 11 is 0. The van der Waals surface area contributed by atoms with Gasteiger partial charge in [0.15, 0.2) is 0 Å². The zero-order chi connectivity index (χ0) is 22.3. The maximum atomic E-state index is 12.4. The van der Waals surface area contributed by atoms with E-state index in [4.69, 9.17) is 0 Å². The number of rotatable bonds is 9. The number of nitrogens with zero attached hydrogens (tertiary/aromatic N) is 3. The highest BCUT2D eigenvalue weighted by Crippen LogP contribution is 2.18. The maximum absolute atomic E-state index is 12.4. The van der Waals surface area contributed by atoms with Crippen LogP contribution in [-0.2, 0) is 14.8 Å². The fourth-order valence-corrected chi connectivity index (χ4v) is 3.65. The molecule has 1 N–H and O–H groups in total. The van der Waals surface area contributed by atoms with Crippen LogP contribution in [0.5, 0.6) is 0 Å². The van der Waals surface area contributed by atoms with E-state index in [1.165, 1.54) is 17.0 Å². The molecule has 0 unspecified atom stereocenters. The Balaban J connectivity index is 1.99. The first kappa shape index (κ1) is 23.2. The molecule has 2 aromatic rings. The van der Waals surface area contributed by atoms with E-state index in [9.17, 15) is 18.0 Å². The van der Waals surface area contributed by atoms with Gasteiger partial charge >= 0.3 is 0 Å². The minimum atomic E-state index is -3.68. The van der Waals surface area contributed by atoms with Crippen LogP contribution in [0.2, 0.25) is 0 Å². The fraction of sp³-hybridized carbons (Fsp3) is 0.333. The SMILES string of the molecule is CN(C)C(=O)c1ccc(N(CC(=O)NCCN(C)c2ccccc2)S(C)(=O)=O)cc1. The summed E-state index contributed by atoms with van der Waals surface area (Å²) in [5.41, 5.74) is 1.78. The van der Waals surface area contributed by atoms with Crippen LogP contribution < -0.4 is 14.5 Å². The van der Waals surface area contributed by atoms with E-state index in [0.717, 1.165) is 16.2 Å². The van der Waals surface area contributed by atoms with Gasteiger partial charge in [0.1, 0.15) is 6.54 Å². The van der Waals surface area contributed by atoms with Crippen molar-refractivity contribution in [2.75, 3.05) is 56.2 Å². The summed E-state index contributed by atoms with van der Waals surface area (Å²) < 4.78 is 25.5. The van der Waals surface area contributed by atoms with Gasteiger partial charge in [0.2, 0.25) is 15.9 Å². The molecule has 0 fully saturated rings. The summed E-state index contributed by atoms with van der Waals surface area (Å²) in [6.45, 7) is 0.614. The average molecular weight is 433 g/mol. The van der Waals surface area contributed by atoms with Crippen LogP contribution in [0.15, 0.2) is 54.6 Å². The van der Waals surface area contributed by atoms with Gasteiger partial charge in [0, 0.05) is 45.5 Å². The summed E-state index contributed by atoms with van der Waals surface area (Å²) in [4.78, 5) is 27.8. The highest BCUT2D eigenvalue weighted by Gasteiger charge is 2.21. The lowest BCUT2D eigenvalue weighted by Crippen LogP contribution is -2.42. The number of sulfonamides is 1. The molecule has 0 heterocycles. The van der Waals surface area contributed by atoms with Gasteiger partial charge in [0.05, 0.1) is 11.9 Å². The molecule has 0 aliphatic carbocycles. The molecule has 0 saturated heterocycles. The van der Waals surface area contributed by atoms with Crippen LogP contribution in [0.4, 0.5) is 11.4 Å². The second-order valence-electron chi connectivity index (χ2n) is 7.12. The summed E-state index contributed by atoms with van der Waals surface area (Å²) in [5.74, 6) is -0.594. The minimum absolute atomic E-state index is 0.187. The van der Waals surface area contributed by atoms with Crippen molar-refractivity contribution in [1.82, 2.24) is 10.2 Å². The van der Waals surface area contributed by atoms with Crippen molar-refractivity contribution in [3.63, 3.8) is 0 Å². The molecule has 0 saturated carbocycles. The van der Waals surface area contributed by atoms with Crippen LogP contribution in [0.1, 0.15) is 10.4 Å². The first-order valence-corrected chi connectivity index (χ1v) is 11.3. The van der Waals surface area contributed by atoms with Crippen LogP contribution in [0.25, 0.3) is 0 Å². The fourth-order valence-electron chi connectivity index (χ4n) is 2.79. The summed E-state index contributed by atoms with van der Waals surface area (Å²) in [7, 11) is 1.51. The van der Waals surface area contributed by atoms with Gasteiger partial charge in [0.25, 0.3) is 5.91 Å². The number of likely N-dealkylation sites (N-methyl/N-ethyl adjacent to an activating group) is 1. The molecule has 0 atom stereocenters. The molecule has 0 aliphatic heterocycles. The Morgan fingerprint density at radius 3 is 2.03 bits per heavy atom. The van der Waals surface area contributed by atoms with Crippen LogP contribution >= 0.6 is 0 Å². The van der Waals surface area contributed by atoms with Gasteiger partial charge in [-0.15, -0.1) is 0 Å². The molecule has 0 bridgehead atoms. The second-order valence-corrected chi connectivity index (χ2v) is 9.03. The van der Waals surface area contributed by atoms with Crippen molar-refractivity contribution in [2.45, 2.75) is 0 Å². The van der Waals surface area contributed by atoms with Crippen LogP contribution in [-0.4, -0.2) is 72.2 Å². The zero-order valence-corrected chi connectivity index (χ0v) is 18.5. The highest BCUT2D eigenvalue weighted by molar-refractivity contribution is 7.92. The van der Waals surface area contributed by atoms with Gasteiger partial charge in [-0.1, -0.05) is 18.2 Å². The predicted octanol–water partition coefficient (Wildman–Crippen LogP) is 1.41. The number of anilines is 2. The third-order valence-corrected chi connectivity index (χ3v) is 5.60. The Bertz CT molecular complexity index is 960. The summed E-state index contributed by atoms with van der Waals surface area (Å²) in [6, 6.07) is 15.9. The average Bonchev–Trinajstić information content (AvgIpc) is 2.71. The molecule has 162 valence electrons. The lowest BCUT2D eigenvalue weighted by atomic mass is 10.2.